The lowest BCUT2D eigenvalue weighted by molar-refractivity contribution is 0.507. The van der Waals surface area contributed by atoms with Crippen molar-refractivity contribution in [3.63, 3.8) is 0 Å². The maximum absolute atomic E-state index is 14.5. The molecule has 0 spiro atoms. The molecule has 0 nitrogen and oxygen atoms in total. The van der Waals surface area contributed by atoms with Gasteiger partial charge in [0.2, 0.25) is 0 Å². The highest BCUT2D eigenvalue weighted by molar-refractivity contribution is 5.88. The van der Waals surface area contributed by atoms with E-state index in [9.17, 15) is 8.78 Å². The normalized spacial score (nSPS) is 11.0. The molecule has 0 atom stereocenters. The van der Waals surface area contributed by atoms with Crippen molar-refractivity contribution in [2.75, 3.05) is 0 Å². The van der Waals surface area contributed by atoms with Crippen molar-refractivity contribution in [3.8, 4) is 11.1 Å². The molecule has 0 saturated heterocycles. The van der Waals surface area contributed by atoms with Crippen LogP contribution in [0.1, 0.15) is 24.5 Å². The van der Waals surface area contributed by atoms with Crippen molar-refractivity contribution >= 4 is 10.8 Å². The largest absolute Gasteiger partial charge is 0.203 e. The van der Waals surface area contributed by atoms with Crippen molar-refractivity contribution in [2.24, 2.45) is 0 Å². The molecular formula is C22H20F2. The summed E-state index contributed by atoms with van der Waals surface area (Å²) in [5, 5.41) is 1.05. The fraction of sp³-hybridized carbons (Fsp3) is 0.182. The highest BCUT2D eigenvalue weighted by Gasteiger charge is 2.13. The minimum Gasteiger partial charge on any atom is -0.203 e. The molecule has 0 unspecified atom stereocenters. The molecule has 0 aliphatic heterocycles. The Labute approximate surface area is 141 Å². The van der Waals surface area contributed by atoms with Gasteiger partial charge in [-0.2, -0.15) is 0 Å². The van der Waals surface area contributed by atoms with E-state index in [1.807, 2.05) is 24.3 Å². The van der Waals surface area contributed by atoms with Crippen LogP contribution in [-0.4, -0.2) is 0 Å². The van der Waals surface area contributed by atoms with Crippen LogP contribution >= 0.6 is 0 Å². The van der Waals surface area contributed by atoms with Gasteiger partial charge >= 0.3 is 0 Å². The van der Waals surface area contributed by atoms with Crippen LogP contribution in [0.5, 0.6) is 0 Å². The predicted octanol–water partition coefficient (Wildman–Crippen LogP) is 6.47. The van der Waals surface area contributed by atoms with E-state index >= 15 is 0 Å². The van der Waals surface area contributed by atoms with Crippen molar-refractivity contribution in [2.45, 2.75) is 26.2 Å². The lowest BCUT2D eigenvalue weighted by Crippen LogP contribution is -1.96. The molecule has 0 aliphatic carbocycles. The topological polar surface area (TPSA) is 0 Å². The van der Waals surface area contributed by atoms with E-state index < -0.39 is 11.6 Å². The Bertz CT molecular complexity index is 877. The Hall–Kier alpha value is -2.48. The summed E-state index contributed by atoms with van der Waals surface area (Å²) in [6.07, 6.45) is 3.78. The fourth-order valence-corrected chi connectivity index (χ4v) is 2.93. The number of hydrogen-bond donors (Lipinski definition) is 0. The smallest absolute Gasteiger partial charge is 0.166 e. The Balaban J connectivity index is 2.07. The van der Waals surface area contributed by atoms with Crippen LogP contribution in [0.25, 0.3) is 21.9 Å². The molecule has 0 aromatic heterocycles. The number of rotatable bonds is 5. The summed E-state index contributed by atoms with van der Waals surface area (Å²) in [7, 11) is 0. The third kappa shape index (κ3) is 3.09. The third-order valence-electron chi connectivity index (χ3n) is 4.41. The van der Waals surface area contributed by atoms with E-state index in [1.54, 1.807) is 18.2 Å². The Morgan fingerprint density at radius 2 is 1.62 bits per heavy atom. The number of allylic oxidation sites excluding steroid dienone is 1. The minimum absolute atomic E-state index is 0.326. The van der Waals surface area contributed by atoms with Crippen molar-refractivity contribution < 1.29 is 8.78 Å². The van der Waals surface area contributed by atoms with E-state index in [2.05, 4.69) is 25.6 Å². The van der Waals surface area contributed by atoms with Crippen molar-refractivity contribution in [1.29, 1.82) is 0 Å². The first kappa shape index (κ1) is 16.4. The first-order chi connectivity index (χ1) is 11.6. The molecule has 3 rings (SSSR count). The van der Waals surface area contributed by atoms with Gasteiger partial charge in [0.1, 0.15) is 0 Å². The highest BCUT2D eigenvalue weighted by atomic mass is 19.2. The number of hydrogen-bond acceptors (Lipinski definition) is 0. The number of fused-ring (bicyclic) bond motifs is 1. The van der Waals surface area contributed by atoms with Crippen LogP contribution in [0.15, 0.2) is 61.2 Å². The third-order valence-corrected chi connectivity index (χ3v) is 4.41. The van der Waals surface area contributed by atoms with E-state index in [-0.39, 0.29) is 0 Å². The second-order valence-electron chi connectivity index (χ2n) is 5.98. The van der Waals surface area contributed by atoms with Gasteiger partial charge in [0.15, 0.2) is 11.6 Å². The van der Waals surface area contributed by atoms with Crippen molar-refractivity contribution in [3.05, 3.63) is 83.9 Å². The molecule has 0 heterocycles. The first-order valence-corrected chi connectivity index (χ1v) is 8.25. The standard InChI is InChI=1S/C22H20F2/c1-3-5-6-19-13-18-12-11-17(14-20(18)22(24)21(19)23)16-9-7-15(4-2)8-10-16/h3,7-14H,1,4-6H2,2H3. The Morgan fingerprint density at radius 3 is 2.29 bits per heavy atom. The van der Waals surface area contributed by atoms with Gasteiger partial charge in [-0.15, -0.1) is 6.58 Å². The molecule has 2 heteroatoms. The fourth-order valence-electron chi connectivity index (χ4n) is 2.93. The molecule has 24 heavy (non-hydrogen) atoms. The Kier molecular flexibility index (Phi) is 4.75. The second-order valence-corrected chi connectivity index (χ2v) is 5.98. The van der Waals surface area contributed by atoms with E-state index in [1.165, 1.54) is 5.56 Å². The summed E-state index contributed by atoms with van der Waals surface area (Å²) in [5.41, 5.74) is 3.55. The molecule has 0 N–H and O–H groups in total. The second kappa shape index (κ2) is 6.96. The molecule has 122 valence electrons. The van der Waals surface area contributed by atoms with Gasteiger partial charge in [0, 0.05) is 5.39 Å². The Morgan fingerprint density at radius 1 is 0.917 bits per heavy atom. The average Bonchev–Trinajstić information content (AvgIpc) is 2.63. The summed E-state index contributed by atoms with van der Waals surface area (Å²) in [6.45, 7) is 5.74. The number of aryl methyl sites for hydroxylation is 2. The maximum atomic E-state index is 14.5. The van der Waals surface area contributed by atoms with Crippen LogP contribution < -0.4 is 0 Å². The van der Waals surface area contributed by atoms with Gasteiger partial charge in [0.05, 0.1) is 0 Å². The quantitative estimate of drug-likeness (QED) is 0.472. The van der Waals surface area contributed by atoms with Crippen LogP contribution in [-0.2, 0) is 12.8 Å². The number of halogens is 2. The van der Waals surface area contributed by atoms with E-state index in [0.29, 0.717) is 23.8 Å². The summed E-state index contributed by atoms with van der Waals surface area (Å²) >= 11 is 0. The van der Waals surface area contributed by atoms with E-state index in [4.69, 9.17) is 0 Å². The van der Waals surface area contributed by atoms with Gasteiger partial charge in [-0.1, -0.05) is 49.4 Å². The lowest BCUT2D eigenvalue weighted by Gasteiger charge is -2.09. The van der Waals surface area contributed by atoms with Gasteiger partial charge < -0.3 is 0 Å². The number of benzene rings is 3. The average molecular weight is 322 g/mol. The highest BCUT2D eigenvalue weighted by Crippen LogP contribution is 2.29. The summed E-state index contributed by atoms with van der Waals surface area (Å²) in [5.74, 6) is -1.51. The van der Waals surface area contributed by atoms with Gasteiger partial charge in [-0.3, -0.25) is 0 Å². The van der Waals surface area contributed by atoms with Crippen LogP contribution in [0.3, 0.4) is 0 Å². The van der Waals surface area contributed by atoms with Gasteiger partial charge in [-0.25, -0.2) is 8.78 Å². The zero-order chi connectivity index (χ0) is 17.1. The van der Waals surface area contributed by atoms with Crippen molar-refractivity contribution in [1.82, 2.24) is 0 Å². The van der Waals surface area contributed by atoms with E-state index in [0.717, 1.165) is 22.9 Å². The summed E-state index contributed by atoms with van der Waals surface area (Å²) in [4.78, 5) is 0. The van der Waals surface area contributed by atoms with Gasteiger partial charge in [-0.05, 0) is 59.0 Å². The summed E-state index contributed by atoms with van der Waals surface area (Å²) in [6, 6.07) is 15.5. The molecule has 3 aromatic carbocycles. The lowest BCUT2D eigenvalue weighted by atomic mass is 9.97. The molecule has 0 saturated carbocycles. The summed E-state index contributed by atoms with van der Waals surface area (Å²) < 4.78 is 28.8. The van der Waals surface area contributed by atoms with Gasteiger partial charge in [0.25, 0.3) is 0 Å². The molecule has 0 amide bonds. The maximum Gasteiger partial charge on any atom is 0.166 e. The molecule has 0 bridgehead atoms. The SMILES string of the molecule is C=CCCc1cc2ccc(-c3ccc(CC)cc3)cc2c(F)c1F. The van der Waals surface area contributed by atoms with Crippen LogP contribution in [0, 0.1) is 11.6 Å². The zero-order valence-electron chi connectivity index (χ0n) is 13.8. The molecule has 0 aliphatic rings. The zero-order valence-corrected chi connectivity index (χ0v) is 13.8. The minimum atomic E-state index is -0.765. The molecule has 0 fully saturated rings. The van der Waals surface area contributed by atoms with Crippen LogP contribution in [0.2, 0.25) is 0 Å². The monoisotopic (exact) mass is 322 g/mol. The van der Waals surface area contributed by atoms with Crippen LogP contribution in [0.4, 0.5) is 8.78 Å². The molecular weight excluding hydrogens is 302 g/mol. The predicted molar refractivity (Wildman–Crippen MR) is 97.2 cm³/mol. The molecule has 3 aromatic rings. The molecule has 0 radical (unpaired) electrons. The first-order valence-electron chi connectivity index (χ1n) is 8.25.